The molecule has 0 radical (unpaired) electrons. The zero-order valence-electron chi connectivity index (χ0n) is 9.73. The van der Waals surface area contributed by atoms with Crippen LogP contribution in [-0.2, 0) is 0 Å². The number of hydrogen-bond donors (Lipinski definition) is 1. The molecule has 1 heterocycles. The van der Waals surface area contributed by atoms with E-state index in [0.29, 0.717) is 5.56 Å². The first-order chi connectivity index (χ1) is 8.26. The minimum Gasteiger partial charge on any atom is -0.373 e. The third-order valence-corrected chi connectivity index (χ3v) is 2.59. The van der Waals surface area contributed by atoms with Crippen LogP contribution in [0.15, 0.2) is 30.6 Å². The lowest BCUT2D eigenvalue weighted by Gasteiger charge is -2.08. The van der Waals surface area contributed by atoms with Crippen LogP contribution in [0.3, 0.4) is 0 Å². The summed E-state index contributed by atoms with van der Waals surface area (Å²) in [5, 5.41) is 11.9. The number of benzene rings is 1. The van der Waals surface area contributed by atoms with Gasteiger partial charge in [-0.1, -0.05) is 12.1 Å². The van der Waals surface area contributed by atoms with Crippen LogP contribution in [0.1, 0.15) is 11.1 Å². The first-order valence-electron chi connectivity index (χ1n) is 5.26. The molecule has 4 nitrogen and oxygen atoms in total. The van der Waals surface area contributed by atoms with Gasteiger partial charge in [0.2, 0.25) is 0 Å². The average Bonchev–Trinajstić information content (AvgIpc) is 2.39. The summed E-state index contributed by atoms with van der Waals surface area (Å²) in [6, 6.07) is 9.53. The highest BCUT2D eigenvalue weighted by molar-refractivity contribution is 5.68. The van der Waals surface area contributed by atoms with Crippen LogP contribution in [0.5, 0.6) is 0 Å². The number of anilines is 1. The van der Waals surface area contributed by atoms with Crippen LogP contribution in [0.25, 0.3) is 11.3 Å². The minimum atomic E-state index is 0.631. The van der Waals surface area contributed by atoms with E-state index >= 15 is 0 Å². The predicted molar refractivity (Wildman–Crippen MR) is 66.5 cm³/mol. The van der Waals surface area contributed by atoms with Gasteiger partial charge in [0.05, 0.1) is 17.3 Å². The first-order valence-corrected chi connectivity index (χ1v) is 5.26. The van der Waals surface area contributed by atoms with Crippen molar-refractivity contribution in [1.82, 2.24) is 9.97 Å². The smallest absolute Gasteiger partial charge is 0.132 e. The molecule has 17 heavy (non-hydrogen) atoms. The van der Waals surface area contributed by atoms with E-state index in [9.17, 15) is 0 Å². The second kappa shape index (κ2) is 4.62. The quantitative estimate of drug-likeness (QED) is 0.850. The second-order valence-corrected chi connectivity index (χ2v) is 3.64. The highest BCUT2D eigenvalue weighted by Gasteiger charge is 2.08. The average molecular weight is 224 g/mol. The van der Waals surface area contributed by atoms with Gasteiger partial charge in [0.1, 0.15) is 12.1 Å². The summed E-state index contributed by atoms with van der Waals surface area (Å²) >= 11 is 0. The van der Waals surface area contributed by atoms with Gasteiger partial charge in [-0.05, 0) is 19.1 Å². The van der Waals surface area contributed by atoms with E-state index in [4.69, 9.17) is 5.26 Å². The van der Waals surface area contributed by atoms with Crippen LogP contribution in [0.2, 0.25) is 0 Å². The molecule has 84 valence electrons. The highest BCUT2D eigenvalue weighted by Crippen LogP contribution is 2.24. The Kier molecular flexibility index (Phi) is 3.01. The summed E-state index contributed by atoms with van der Waals surface area (Å²) in [7, 11) is 1.82. The van der Waals surface area contributed by atoms with Crippen molar-refractivity contribution < 1.29 is 0 Å². The van der Waals surface area contributed by atoms with Gasteiger partial charge in [-0.25, -0.2) is 9.97 Å². The molecule has 4 heteroatoms. The molecule has 2 aromatic rings. The molecular weight excluding hydrogens is 212 g/mol. The van der Waals surface area contributed by atoms with Crippen LogP contribution in [-0.4, -0.2) is 17.0 Å². The van der Waals surface area contributed by atoms with E-state index in [2.05, 4.69) is 21.4 Å². The first kappa shape index (κ1) is 11.1. The minimum absolute atomic E-state index is 0.631. The molecule has 0 aliphatic carbocycles. The monoisotopic (exact) mass is 224 g/mol. The van der Waals surface area contributed by atoms with E-state index in [1.54, 1.807) is 6.07 Å². The molecule has 0 bridgehead atoms. The number of rotatable bonds is 2. The molecule has 0 fully saturated rings. The Labute approximate surface area is 100.0 Å². The molecule has 0 unspecified atom stereocenters. The van der Waals surface area contributed by atoms with E-state index in [1.807, 2.05) is 32.2 Å². The molecule has 0 atom stereocenters. The fourth-order valence-electron chi connectivity index (χ4n) is 1.73. The standard InChI is InChI=1S/C13H12N4/c1-9-12(16-8-17-13(9)15-2)11-5-3-4-10(6-11)7-14/h3-6,8H,1-2H3,(H,15,16,17). The molecule has 2 rings (SSSR count). The molecule has 0 amide bonds. The molecule has 0 aliphatic rings. The Balaban J connectivity index is 2.57. The maximum absolute atomic E-state index is 8.88. The molecule has 0 saturated carbocycles. The van der Waals surface area contributed by atoms with E-state index in [0.717, 1.165) is 22.6 Å². The summed E-state index contributed by atoms with van der Waals surface area (Å²) in [4.78, 5) is 8.41. The largest absolute Gasteiger partial charge is 0.373 e. The van der Waals surface area contributed by atoms with Crippen molar-refractivity contribution in [3.05, 3.63) is 41.7 Å². The molecule has 1 aromatic carbocycles. The maximum atomic E-state index is 8.88. The Bertz CT molecular complexity index is 584. The van der Waals surface area contributed by atoms with Gasteiger partial charge in [0.15, 0.2) is 0 Å². The lowest BCUT2D eigenvalue weighted by molar-refractivity contribution is 1.13. The summed E-state index contributed by atoms with van der Waals surface area (Å²) < 4.78 is 0. The lowest BCUT2D eigenvalue weighted by atomic mass is 10.1. The normalized spacial score (nSPS) is 9.71. The zero-order valence-corrected chi connectivity index (χ0v) is 9.73. The van der Waals surface area contributed by atoms with Crippen LogP contribution >= 0.6 is 0 Å². The van der Waals surface area contributed by atoms with Gasteiger partial charge < -0.3 is 5.32 Å². The van der Waals surface area contributed by atoms with Gasteiger partial charge >= 0.3 is 0 Å². The predicted octanol–water partition coefficient (Wildman–Crippen LogP) is 2.37. The molecule has 0 saturated heterocycles. The van der Waals surface area contributed by atoms with Crippen molar-refractivity contribution in [2.24, 2.45) is 0 Å². The Hall–Kier alpha value is -2.41. The number of aromatic nitrogens is 2. The van der Waals surface area contributed by atoms with E-state index in [1.165, 1.54) is 6.33 Å². The molecular formula is C13H12N4. The zero-order chi connectivity index (χ0) is 12.3. The van der Waals surface area contributed by atoms with Gasteiger partial charge in [0, 0.05) is 18.2 Å². The maximum Gasteiger partial charge on any atom is 0.132 e. The summed E-state index contributed by atoms with van der Waals surface area (Å²) in [5.74, 6) is 0.803. The van der Waals surface area contributed by atoms with Crippen molar-refractivity contribution in [2.75, 3.05) is 12.4 Å². The van der Waals surface area contributed by atoms with Gasteiger partial charge in [-0.2, -0.15) is 5.26 Å². The fourth-order valence-corrected chi connectivity index (χ4v) is 1.73. The molecule has 1 aromatic heterocycles. The SMILES string of the molecule is CNc1ncnc(-c2cccc(C#N)c2)c1C. The second-order valence-electron chi connectivity index (χ2n) is 3.64. The summed E-state index contributed by atoms with van der Waals surface area (Å²) in [6.45, 7) is 1.96. The van der Waals surface area contributed by atoms with Crippen LogP contribution < -0.4 is 5.32 Å². The Morgan fingerprint density at radius 2 is 2.12 bits per heavy atom. The number of nitrogens with one attached hydrogen (secondary N) is 1. The van der Waals surface area contributed by atoms with Crippen molar-refractivity contribution >= 4 is 5.82 Å². The van der Waals surface area contributed by atoms with Gasteiger partial charge in [-0.15, -0.1) is 0 Å². The number of nitrogens with zero attached hydrogens (tertiary/aromatic N) is 3. The van der Waals surface area contributed by atoms with Gasteiger partial charge in [-0.3, -0.25) is 0 Å². The molecule has 1 N–H and O–H groups in total. The highest BCUT2D eigenvalue weighted by atomic mass is 15.0. The van der Waals surface area contributed by atoms with E-state index in [-0.39, 0.29) is 0 Å². The van der Waals surface area contributed by atoms with Crippen LogP contribution in [0.4, 0.5) is 5.82 Å². The van der Waals surface area contributed by atoms with Crippen molar-refractivity contribution in [2.45, 2.75) is 6.92 Å². The topological polar surface area (TPSA) is 61.6 Å². The third-order valence-electron chi connectivity index (χ3n) is 2.59. The fraction of sp³-hybridized carbons (Fsp3) is 0.154. The molecule has 0 aliphatic heterocycles. The van der Waals surface area contributed by atoms with Gasteiger partial charge in [0.25, 0.3) is 0 Å². The summed E-state index contributed by atoms with van der Waals surface area (Å²) in [6.07, 6.45) is 1.52. The summed E-state index contributed by atoms with van der Waals surface area (Å²) in [5.41, 5.74) is 3.39. The van der Waals surface area contributed by atoms with Crippen LogP contribution in [0, 0.1) is 18.3 Å². The Morgan fingerprint density at radius 3 is 2.82 bits per heavy atom. The molecule has 0 spiro atoms. The third kappa shape index (κ3) is 2.08. The number of nitriles is 1. The van der Waals surface area contributed by atoms with Crippen molar-refractivity contribution in [3.63, 3.8) is 0 Å². The van der Waals surface area contributed by atoms with Crippen molar-refractivity contribution in [3.8, 4) is 17.3 Å². The number of hydrogen-bond acceptors (Lipinski definition) is 4. The lowest BCUT2D eigenvalue weighted by Crippen LogP contribution is -1.99. The van der Waals surface area contributed by atoms with Crippen molar-refractivity contribution in [1.29, 1.82) is 5.26 Å². The van der Waals surface area contributed by atoms with E-state index < -0.39 is 0 Å². The Morgan fingerprint density at radius 1 is 1.29 bits per heavy atom.